The van der Waals surface area contributed by atoms with Gasteiger partial charge in [-0.2, -0.15) is 0 Å². The highest BCUT2D eigenvalue weighted by Crippen LogP contribution is 2.20. The highest BCUT2D eigenvalue weighted by molar-refractivity contribution is 7.09. The van der Waals surface area contributed by atoms with Crippen molar-refractivity contribution in [2.75, 3.05) is 5.32 Å². The topological polar surface area (TPSA) is 55.1 Å². The predicted octanol–water partition coefficient (Wildman–Crippen LogP) is 3.46. The molecule has 0 saturated carbocycles. The van der Waals surface area contributed by atoms with Crippen molar-refractivity contribution in [3.8, 4) is 11.3 Å². The number of anilines is 1. The molecule has 6 heteroatoms. The van der Waals surface area contributed by atoms with Gasteiger partial charge in [0.2, 0.25) is 0 Å². The van der Waals surface area contributed by atoms with Crippen molar-refractivity contribution in [2.45, 2.75) is 6.54 Å². The molecule has 0 aromatic carbocycles. The van der Waals surface area contributed by atoms with Crippen LogP contribution < -0.4 is 5.32 Å². The van der Waals surface area contributed by atoms with Crippen LogP contribution in [0.1, 0.15) is 4.88 Å². The van der Waals surface area contributed by atoms with Gasteiger partial charge in [0.1, 0.15) is 5.82 Å². The third kappa shape index (κ3) is 2.44. The Balaban J connectivity index is 1.67. The van der Waals surface area contributed by atoms with Gasteiger partial charge in [-0.25, -0.2) is 9.50 Å². The molecular weight excluding hydrogens is 294 g/mol. The highest BCUT2D eigenvalue weighted by atomic mass is 32.1. The first-order valence-electron chi connectivity index (χ1n) is 6.91. The standard InChI is InChI=1S/C16H13N5S/c1-3-12(9-17-7-1)14-11-19-16-6-5-15(20-21(14)16)18-10-13-4-2-8-22-13/h1-9,11H,10H2,(H,18,20). The first-order valence-corrected chi connectivity index (χ1v) is 7.79. The number of hydrogen-bond donors (Lipinski definition) is 1. The van der Waals surface area contributed by atoms with E-state index in [1.54, 1.807) is 17.5 Å². The van der Waals surface area contributed by atoms with Gasteiger partial charge in [-0.1, -0.05) is 6.07 Å². The molecule has 1 N–H and O–H groups in total. The summed E-state index contributed by atoms with van der Waals surface area (Å²) >= 11 is 1.73. The van der Waals surface area contributed by atoms with E-state index in [9.17, 15) is 0 Å². The van der Waals surface area contributed by atoms with Gasteiger partial charge in [0.05, 0.1) is 18.4 Å². The summed E-state index contributed by atoms with van der Waals surface area (Å²) in [5.74, 6) is 0.823. The summed E-state index contributed by atoms with van der Waals surface area (Å²) in [5.41, 5.74) is 2.75. The summed E-state index contributed by atoms with van der Waals surface area (Å²) in [4.78, 5) is 9.83. The van der Waals surface area contributed by atoms with E-state index in [-0.39, 0.29) is 0 Å². The first-order chi connectivity index (χ1) is 10.9. The fraction of sp³-hybridized carbons (Fsp3) is 0.0625. The van der Waals surface area contributed by atoms with Gasteiger partial charge in [-0.3, -0.25) is 4.98 Å². The third-order valence-corrected chi connectivity index (χ3v) is 4.22. The summed E-state index contributed by atoms with van der Waals surface area (Å²) in [6, 6.07) is 12.0. The van der Waals surface area contributed by atoms with Crippen LogP contribution in [0.15, 0.2) is 60.4 Å². The average molecular weight is 307 g/mol. The van der Waals surface area contributed by atoms with Crippen LogP contribution in [0.2, 0.25) is 0 Å². The molecule has 0 amide bonds. The Bertz CT molecular complexity index is 883. The van der Waals surface area contributed by atoms with Crippen LogP contribution in [0.3, 0.4) is 0 Å². The van der Waals surface area contributed by atoms with E-state index in [4.69, 9.17) is 0 Å². The van der Waals surface area contributed by atoms with E-state index in [0.29, 0.717) is 0 Å². The summed E-state index contributed by atoms with van der Waals surface area (Å²) in [7, 11) is 0. The minimum Gasteiger partial charge on any atom is -0.364 e. The maximum absolute atomic E-state index is 4.63. The number of thiophene rings is 1. The molecule has 4 aromatic rings. The predicted molar refractivity (Wildman–Crippen MR) is 87.9 cm³/mol. The van der Waals surface area contributed by atoms with Crippen molar-refractivity contribution in [3.63, 3.8) is 0 Å². The highest BCUT2D eigenvalue weighted by Gasteiger charge is 2.08. The zero-order valence-electron chi connectivity index (χ0n) is 11.7. The number of aromatic nitrogens is 4. The molecule has 0 unspecified atom stereocenters. The normalized spacial score (nSPS) is 10.9. The van der Waals surface area contributed by atoms with Crippen LogP contribution in [0.5, 0.6) is 0 Å². The fourth-order valence-electron chi connectivity index (χ4n) is 2.27. The fourth-order valence-corrected chi connectivity index (χ4v) is 2.91. The molecule has 0 aliphatic heterocycles. The summed E-state index contributed by atoms with van der Waals surface area (Å²) in [6.07, 6.45) is 5.40. The molecular formula is C16H13N5S. The van der Waals surface area contributed by atoms with E-state index in [2.05, 4.69) is 37.9 Å². The summed E-state index contributed by atoms with van der Waals surface area (Å²) < 4.78 is 1.84. The molecule has 0 fully saturated rings. The minimum atomic E-state index is 0.771. The lowest BCUT2D eigenvalue weighted by Gasteiger charge is -2.06. The Morgan fingerprint density at radius 2 is 2.09 bits per heavy atom. The van der Waals surface area contributed by atoms with Gasteiger partial charge >= 0.3 is 0 Å². The molecule has 0 atom stereocenters. The third-order valence-electron chi connectivity index (χ3n) is 3.34. The summed E-state index contributed by atoms with van der Waals surface area (Å²) in [6.45, 7) is 0.771. The molecule has 4 rings (SSSR count). The zero-order chi connectivity index (χ0) is 14.8. The van der Waals surface area contributed by atoms with Crippen molar-refractivity contribution >= 4 is 22.8 Å². The smallest absolute Gasteiger partial charge is 0.154 e. The number of fused-ring (bicyclic) bond motifs is 1. The van der Waals surface area contributed by atoms with Gasteiger partial charge in [-0.05, 0) is 35.7 Å². The second kappa shape index (κ2) is 5.57. The van der Waals surface area contributed by atoms with Crippen LogP contribution >= 0.6 is 11.3 Å². The number of hydrogen-bond acceptors (Lipinski definition) is 5. The van der Waals surface area contributed by atoms with Gasteiger partial charge in [0, 0.05) is 22.8 Å². The second-order valence-electron chi connectivity index (χ2n) is 4.81. The van der Waals surface area contributed by atoms with Crippen LogP contribution in [0.4, 0.5) is 5.82 Å². The Morgan fingerprint density at radius 1 is 1.09 bits per heavy atom. The SMILES string of the molecule is c1cncc(-c2cnc3ccc(NCc4cccs4)nn23)c1. The molecule has 0 saturated heterocycles. The van der Waals surface area contributed by atoms with Crippen LogP contribution in [-0.2, 0) is 6.54 Å². The molecule has 0 radical (unpaired) electrons. The van der Waals surface area contributed by atoms with Crippen molar-refractivity contribution in [3.05, 3.63) is 65.2 Å². The largest absolute Gasteiger partial charge is 0.364 e. The molecule has 0 aliphatic carbocycles. The lowest BCUT2D eigenvalue weighted by atomic mass is 10.2. The molecule has 22 heavy (non-hydrogen) atoms. The molecule has 0 bridgehead atoms. The maximum Gasteiger partial charge on any atom is 0.154 e. The van der Waals surface area contributed by atoms with Gasteiger partial charge < -0.3 is 5.32 Å². The number of pyridine rings is 1. The summed E-state index contributed by atoms with van der Waals surface area (Å²) in [5, 5.41) is 10.0. The number of imidazole rings is 1. The maximum atomic E-state index is 4.63. The molecule has 108 valence electrons. The minimum absolute atomic E-state index is 0.771. The Labute approximate surface area is 131 Å². The van der Waals surface area contributed by atoms with Crippen molar-refractivity contribution in [1.82, 2.24) is 19.6 Å². The van der Waals surface area contributed by atoms with E-state index in [0.717, 1.165) is 29.3 Å². The van der Waals surface area contributed by atoms with Crippen LogP contribution in [-0.4, -0.2) is 19.6 Å². The van der Waals surface area contributed by atoms with Crippen molar-refractivity contribution < 1.29 is 0 Å². The number of nitrogens with one attached hydrogen (secondary N) is 1. The molecule has 4 heterocycles. The van der Waals surface area contributed by atoms with Crippen molar-refractivity contribution in [1.29, 1.82) is 0 Å². The lowest BCUT2D eigenvalue weighted by molar-refractivity contribution is 0.932. The molecule has 4 aromatic heterocycles. The van der Waals surface area contributed by atoms with Crippen LogP contribution in [0, 0.1) is 0 Å². The van der Waals surface area contributed by atoms with Crippen LogP contribution in [0.25, 0.3) is 16.9 Å². The first kappa shape index (κ1) is 13.0. The number of nitrogens with zero attached hydrogens (tertiary/aromatic N) is 4. The van der Waals surface area contributed by atoms with Gasteiger partial charge in [-0.15, -0.1) is 16.4 Å². The lowest BCUT2D eigenvalue weighted by Crippen LogP contribution is -2.03. The Hall–Kier alpha value is -2.73. The number of rotatable bonds is 4. The van der Waals surface area contributed by atoms with E-state index < -0.39 is 0 Å². The van der Waals surface area contributed by atoms with Gasteiger partial charge in [0.15, 0.2) is 5.65 Å². The molecule has 0 aliphatic rings. The second-order valence-corrected chi connectivity index (χ2v) is 5.84. The van der Waals surface area contributed by atoms with Crippen molar-refractivity contribution in [2.24, 2.45) is 0 Å². The van der Waals surface area contributed by atoms with E-state index in [1.807, 2.05) is 41.2 Å². The Morgan fingerprint density at radius 3 is 2.91 bits per heavy atom. The van der Waals surface area contributed by atoms with E-state index in [1.165, 1.54) is 4.88 Å². The quantitative estimate of drug-likeness (QED) is 0.627. The monoisotopic (exact) mass is 307 g/mol. The zero-order valence-corrected chi connectivity index (χ0v) is 12.5. The van der Waals surface area contributed by atoms with E-state index >= 15 is 0 Å². The average Bonchev–Trinajstić information content (AvgIpc) is 3.23. The molecule has 5 nitrogen and oxygen atoms in total. The molecule has 0 spiro atoms. The Kier molecular flexibility index (Phi) is 3.29. The van der Waals surface area contributed by atoms with Gasteiger partial charge in [0.25, 0.3) is 0 Å².